The molecule has 0 bridgehead atoms. The largest absolute Gasteiger partial charge is 0.462 e. The number of hydrogen-bond donors (Lipinski definition) is 1. The van der Waals surface area contributed by atoms with Gasteiger partial charge in [0.1, 0.15) is 17.2 Å². The Kier molecular flexibility index (Phi) is 4.61. The highest BCUT2D eigenvalue weighted by atomic mass is 19.1. The summed E-state index contributed by atoms with van der Waals surface area (Å²) in [5, 5.41) is 2.48. The van der Waals surface area contributed by atoms with Crippen molar-refractivity contribution >= 4 is 17.7 Å². The Hall–Kier alpha value is -2.76. The van der Waals surface area contributed by atoms with Gasteiger partial charge in [0.15, 0.2) is 0 Å². The lowest BCUT2D eigenvalue weighted by atomic mass is 10.2. The monoisotopic (exact) mass is 288 g/mol. The van der Waals surface area contributed by atoms with E-state index in [1.54, 1.807) is 13.0 Å². The lowest BCUT2D eigenvalue weighted by Gasteiger charge is -2.09. The maximum Gasteiger partial charge on any atom is 0.341 e. The molecule has 1 heterocycles. The molecule has 5 nitrogen and oxygen atoms in total. The average molecular weight is 288 g/mol. The zero-order valence-electron chi connectivity index (χ0n) is 11.3. The second-order valence-electron chi connectivity index (χ2n) is 4.08. The number of pyridine rings is 1. The molecule has 0 fully saturated rings. The van der Waals surface area contributed by atoms with Crippen molar-refractivity contribution in [3.05, 3.63) is 59.5 Å². The number of rotatable bonds is 4. The van der Waals surface area contributed by atoms with Gasteiger partial charge in [0.2, 0.25) is 0 Å². The molecule has 0 atom stereocenters. The van der Waals surface area contributed by atoms with Crippen LogP contribution in [0.5, 0.6) is 0 Å². The molecular formula is C15H13FN2O3. The first kappa shape index (κ1) is 14.6. The van der Waals surface area contributed by atoms with Crippen LogP contribution >= 0.6 is 0 Å². The molecule has 0 radical (unpaired) electrons. The number of hydrogen-bond acceptors (Lipinski definition) is 4. The van der Waals surface area contributed by atoms with Crippen LogP contribution in [-0.4, -0.2) is 23.5 Å². The Labute approximate surface area is 120 Å². The van der Waals surface area contributed by atoms with E-state index in [1.165, 1.54) is 30.5 Å². The number of esters is 1. The second-order valence-corrected chi connectivity index (χ2v) is 4.08. The molecular weight excluding hydrogens is 275 g/mol. The van der Waals surface area contributed by atoms with E-state index in [4.69, 9.17) is 4.74 Å². The van der Waals surface area contributed by atoms with Crippen molar-refractivity contribution in [2.75, 3.05) is 11.9 Å². The molecule has 0 saturated heterocycles. The lowest BCUT2D eigenvalue weighted by Crippen LogP contribution is -2.17. The number of anilines is 1. The third-order valence-corrected chi connectivity index (χ3v) is 2.62. The second kappa shape index (κ2) is 6.60. The van der Waals surface area contributed by atoms with Crippen molar-refractivity contribution in [3.63, 3.8) is 0 Å². The van der Waals surface area contributed by atoms with Crippen LogP contribution in [0.25, 0.3) is 0 Å². The molecule has 1 amide bonds. The van der Waals surface area contributed by atoms with Gasteiger partial charge >= 0.3 is 5.97 Å². The number of carbonyl (C=O) groups is 2. The van der Waals surface area contributed by atoms with Gasteiger partial charge in [-0.1, -0.05) is 6.07 Å². The van der Waals surface area contributed by atoms with Crippen LogP contribution in [0.4, 0.5) is 10.2 Å². The number of ether oxygens (including phenoxy) is 1. The van der Waals surface area contributed by atoms with Gasteiger partial charge in [-0.3, -0.25) is 4.79 Å². The first-order chi connectivity index (χ1) is 10.1. The summed E-state index contributed by atoms with van der Waals surface area (Å²) in [4.78, 5) is 27.7. The Morgan fingerprint density at radius 2 is 2.10 bits per heavy atom. The summed E-state index contributed by atoms with van der Waals surface area (Å²) < 4.78 is 18.0. The normalized spacial score (nSPS) is 10.0. The molecule has 1 aromatic carbocycles. The maximum absolute atomic E-state index is 13.1. The summed E-state index contributed by atoms with van der Waals surface area (Å²) in [6.45, 7) is 1.89. The number of halogens is 1. The fraction of sp³-hybridized carbons (Fsp3) is 0.133. The van der Waals surface area contributed by atoms with E-state index in [0.29, 0.717) is 0 Å². The van der Waals surface area contributed by atoms with Crippen LogP contribution in [0.15, 0.2) is 42.6 Å². The number of benzene rings is 1. The fourth-order valence-corrected chi connectivity index (χ4v) is 1.69. The molecule has 21 heavy (non-hydrogen) atoms. The number of nitrogens with one attached hydrogen (secondary N) is 1. The van der Waals surface area contributed by atoms with Crippen molar-refractivity contribution in [1.29, 1.82) is 0 Å². The summed E-state index contributed by atoms with van der Waals surface area (Å²) in [5.74, 6) is -1.58. The minimum Gasteiger partial charge on any atom is -0.462 e. The highest BCUT2D eigenvalue weighted by Crippen LogP contribution is 2.14. The third-order valence-electron chi connectivity index (χ3n) is 2.62. The zero-order chi connectivity index (χ0) is 15.2. The van der Waals surface area contributed by atoms with Crippen LogP contribution in [0.1, 0.15) is 27.6 Å². The van der Waals surface area contributed by atoms with Gasteiger partial charge in [-0.2, -0.15) is 0 Å². The van der Waals surface area contributed by atoms with Crippen LogP contribution in [0, 0.1) is 5.82 Å². The van der Waals surface area contributed by atoms with E-state index in [1.807, 2.05) is 0 Å². The van der Waals surface area contributed by atoms with Gasteiger partial charge in [0.05, 0.1) is 6.61 Å². The molecule has 0 saturated carbocycles. The minimum atomic E-state index is -0.583. The van der Waals surface area contributed by atoms with Gasteiger partial charge in [-0.05, 0) is 37.3 Å². The molecule has 1 N–H and O–H groups in total. The van der Waals surface area contributed by atoms with Gasteiger partial charge in [0, 0.05) is 11.8 Å². The van der Waals surface area contributed by atoms with Crippen molar-refractivity contribution in [1.82, 2.24) is 4.98 Å². The van der Waals surface area contributed by atoms with Crippen molar-refractivity contribution in [2.24, 2.45) is 0 Å². The first-order valence-electron chi connectivity index (χ1n) is 6.31. The summed E-state index contributed by atoms with van der Waals surface area (Å²) in [6.07, 6.45) is 1.43. The molecule has 0 aliphatic rings. The van der Waals surface area contributed by atoms with E-state index in [0.717, 1.165) is 6.07 Å². The topological polar surface area (TPSA) is 68.3 Å². The van der Waals surface area contributed by atoms with E-state index in [9.17, 15) is 14.0 Å². The summed E-state index contributed by atoms with van der Waals surface area (Å²) in [6, 6.07) is 8.28. The zero-order valence-corrected chi connectivity index (χ0v) is 11.3. The quantitative estimate of drug-likeness (QED) is 0.878. The molecule has 108 valence electrons. The molecule has 2 rings (SSSR count). The van der Waals surface area contributed by atoms with Crippen LogP contribution in [0.3, 0.4) is 0 Å². The molecule has 0 aliphatic carbocycles. The summed E-state index contributed by atoms with van der Waals surface area (Å²) in [5.41, 5.74) is 0.277. The first-order valence-corrected chi connectivity index (χ1v) is 6.31. The fourth-order valence-electron chi connectivity index (χ4n) is 1.69. The van der Waals surface area contributed by atoms with Gasteiger partial charge in [-0.15, -0.1) is 0 Å². The van der Waals surface area contributed by atoms with Crippen molar-refractivity contribution in [2.45, 2.75) is 6.92 Å². The Bertz CT molecular complexity index is 673. The van der Waals surface area contributed by atoms with E-state index < -0.39 is 17.7 Å². The third kappa shape index (κ3) is 3.62. The predicted molar refractivity (Wildman–Crippen MR) is 74.5 cm³/mol. The standard InChI is InChI=1S/C15H13FN2O3/c1-2-21-15(20)12-7-4-8-17-13(12)18-14(19)10-5-3-6-11(16)9-10/h3-9H,2H2,1H3,(H,17,18,19). The number of aromatic nitrogens is 1. The average Bonchev–Trinajstić information content (AvgIpc) is 2.48. The molecule has 6 heteroatoms. The Balaban J connectivity index is 2.23. The number of carbonyl (C=O) groups excluding carboxylic acids is 2. The molecule has 1 aromatic heterocycles. The SMILES string of the molecule is CCOC(=O)c1cccnc1NC(=O)c1cccc(F)c1. The van der Waals surface area contributed by atoms with Gasteiger partial charge < -0.3 is 10.1 Å². The Morgan fingerprint density at radius 1 is 1.29 bits per heavy atom. The van der Waals surface area contributed by atoms with E-state index >= 15 is 0 Å². The minimum absolute atomic E-state index is 0.0743. The van der Waals surface area contributed by atoms with Crippen molar-refractivity contribution in [3.8, 4) is 0 Å². The maximum atomic E-state index is 13.1. The lowest BCUT2D eigenvalue weighted by molar-refractivity contribution is 0.0527. The van der Waals surface area contributed by atoms with E-state index in [-0.39, 0.29) is 23.6 Å². The highest BCUT2D eigenvalue weighted by molar-refractivity contribution is 6.07. The number of nitrogens with zero attached hydrogens (tertiary/aromatic N) is 1. The van der Waals surface area contributed by atoms with Gasteiger partial charge in [0.25, 0.3) is 5.91 Å². The molecule has 0 unspecified atom stereocenters. The highest BCUT2D eigenvalue weighted by Gasteiger charge is 2.16. The number of amides is 1. The van der Waals surface area contributed by atoms with Gasteiger partial charge in [-0.25, -0.2) is 14.2 Å². The van der Waals surface area contributed by atoms with Crippen LogP contribution in [0.2, 0.25) is 0 Å². The predicted octanol–water partition coefficient (Wildman–Crippen LogP) is 2.65. The van der Waals surface area contributed by atoms with Crippen LogP contribution < -0.4 is 5.32 Å². The van der Waals surface area contributed by atoms with Crippen molar-refractivity contribution < 1.29 is 18.7 Å². The molecule has 2 aromatic rings. The summed E-state index contributed by atoms with van der Waals surface area (Å²) in [7, 11) is 0. The molecule has 0 aliphatic heterocycles. The summed E-state index contributed by atoms with van der Waals surface area (Å²) >= 11 is 0. The smallest absolute Gasteiger partial charge is 0.341 e. The molecule has 0 spiro atoms. The Morgan fingerprint density at radius 3 is 2.81 bits per heavy atom. The van der Waals surface area contributed by atoms with Crippen LogP contribution in [-0.2, 0) is 4.74 Å². The van der Waals surface area contributed by atoms with E-state index in [2.05, 4.69) is 10.3 Å².